The second kappa shape index (κ2) is 13.1. The molecule has 4 N–H and O–H groups in total. The van der Waals surface area contributed by atoms with Crippen LogP contribution in [0.5, 0.6) is 0 Å². The highest BCUT2D eigenvalue weighted by Crippen LogP contribution is 1.95. The van der Waals surface area contributed by atoms with Crippen LogP contribution in [0.15, 0.2) is 0 Å². The summed E-state index contributed by atoms with van der Waals surface area (Å²) in [5.41, 5.74) is 0. The number of rotatable bonds is 15. The number of nitrogens with one attached hydrogen (secondary N) is 1. The van der Waals surface area contributed by atoms with E-state index in [1.165, 1.54) is 9.80 Å². The first kappa shape index (κ1) is 22.8. The maximum absolute atomic E-state index is 11.9. The first-order valence-corrected chi connectivity index (χ1v) is 8.11. The van der Waals surface area contributed by atoms with E-state index < -0.39 is 37.5 Å². The van der Waals surface area contributed by atoms with E-state index in [1.54, 1.807) is 0 Å². The largest absolute Gasteiger partial charge is 0.480 e. The van der Waals surface area contributed by atoms with Gasteiger partial charge in [-0.05, 0) is 6.42 Å². The first-order valence-electron chi connectivity index (χ1n) is 8.11. The van der Waals surface area contributed by atoms with E-state index in [1.807, 2.05) is 6.92 Å². The lowest BCUT2D eigenvalue weighted by Gasteiger charge is -2.24. The fraction of sp³-hybridized carbons (Fsp3) is 0.733. The molecule has 0 radical (unpaired) electrons. The van der Waals surface area contributed by atoms with Gasteiger partial charge in [0.2, 0.25) is 5.91 Å². The quantitative estimate of drug-likeness (QED) is 0.274. The molecule has 0 saturated heterocycles. The molecule has 0 rings (SSSR count). The van der Waals surface area contributed by atoms with Gasteiger partial charge in [0.15, 0.2) is 0 Å². The number of hydrogen-bond donors (Lipinski definition) is 4. The van der Waals surface area contributed by atoms with E-state index in [0.717, 1.165) is 19.3 Å². The van der Waals surface area contributed by atoms with E-state index in [4.69, 9.17) is 15.3 Å². The van der Waals surface area contributed by atoms with Gasteiger partial charge in [-0.1, -0.05) is 19.8 Å². The van der Waals surface area contributed by atoms with Crippen molar-refractivity contribution in [3.8, 4) is 0 Å². The zero-order valence-electron chi connectivity index (χ0n) is 14.4. The molecule has 0 aromatic rings. The zero-order chi connectivity index (χ0) is 19.2. The molecule has 0 fully saturated rings. The number of carboxylic acid groups (broad SMARTS) is 3. The van der Waals surface area contributed by atoms with Crippen LogP contribution in [0.4, 0.5) is 0 Å². The standard InChI is InChI=1S/C15H27N3O7/c1-2-3-4-5-16-12(19)8-17(9-13(20)21)6-7-18(10-14(22)23)11-15(24)25/h2-11H2,1H3,(H,16,19)(H,20,21)(H,22,23)(H,24,25). The fourth-order valence-corrected chi connectivity index (χ4v) is 2.15. The highest BCUT2D eigenvalue weighted by molar-refractivity contribution is 5.79. The third kappa shape index (κ3) is 13.9. The Labute approximate surface area is 146 Å². The van der Waals surface area contributed by atoms with Crippen molar-refractivity contribution in [1.82, 2.24) is 15.1 Å². The van der Waals surface area contributed by atoms with Crippen molar-refractivity contribution < 1.29 is 34.5 Å². The second-order valence-electron chi connectivity index (χ2n) is 5.66. The number of unbranched alkanes of at least 4 members (excludes halogenated alkanes) is 2. The van der Waals surface area contributed by atoms with Gasteiger partial charge < -0.3 is 20.6 Å². The van der Waals surface area contributed by atoms with Crippen LogP contribution in [0.1, 0.15) is 26.2 Å². The van der Waals surface area contributed by atoms with Crippen molar-refractivity contribution >= 4 is 23.8 Å². The Kier molecular flexibility index (Phi) is 12.0. The smallest absolute Gasteiger partial charge is 0.317 e. The first-order chi connectivity index (χ1) is 11.7. The predicted molar refractivity (Wildman–Crippen MR) is 88.3 cm³/mol. The summed E-state index contributed by atoms with van der Waals surface area (Å²) in [5, 5.41) is 29.2. The lowest BCUT2D eigenvalue weighted by molar-refractivity contribution is -0.143. The monoisotopic (exact) mass is 361 g/mol. The number of carboxylic acids is 3. The third-order valence-corrected chi connectivity index (χ3v) is 3.28. The molecule has 0 aliphatic carbocycles. The van der Waals surface area contributed by atoms with Crippen LogP contribution in [0, 0.1) is 0 Å². The molecule has 10 nitrogen and oxygen atoms in total. The number of amides is 1. The lowest BCUT2D eigenvalue weighted by atomic mass is 10.2. The summed E-state index contributed by atoms with van der Waals surface area (Å²) in [5.74, 6) is -3.80. The highest BCUT2D eigenvalue weighted by Gasteiger charge is 2.18. The lowest BCUT2D eigenvalue weighted by Crippen LogP contribution is -2.45. The SMILES string of the molecule is CCCCCNC(=O)CN(CCN(CC(=O)O)CC(=O)O)CC(=O)O. The van der Waals surface area contributed by atoms with Gasteiger partial charge in [0.05, 0.1) is 26.2 Å². The number of hydrogen-bond acceptors (Lipinski definition) is 6. The molecule has 0 aromatic heterocycles. The van der Waals surface area contributed by atoms with E-state index in [2.05, 4.69) is 5.32 Å². The van der Waals surface area contributed by atoms with Gasteiger partial charge in [0.1, 0.15) is 0 Å². The van der Waals surface area contributed by atoms with Crippen molar-refractivity contribution in [2.24, 2.45) is 0 Å². The predicted octanol–water partition coefficient (Wildman–Crippen LogP) is -0.849. The molecule has 0 aliphatic heterocycles. The molecule has 0 aromatic carbocycles. The Morgan fingerprint density at radius 1 is 0.760 bits per heavy atom. The van der Waals surface area contributed by atoms with Crippen molar-refractivity contribution in [3.05, 3.63) is 0 Å². The molecular weight excluding hydrogens is 334 g/mol. The molecule has 1 amide bonds. The maximum atomic E-state index is 11.9. The summed E-state index contributed by atoms with van der Waals surface area (Å²) in [7, 11) is 0. The van der Waals surface area contributed by atoms with E-state index in [9.17, 15) is 19.2 Å². The average molecular weight is 361 g/mol. The maximum Gasteiger partial charge on any atom is 0.317 e. The van der Waals surface area contributed by atoms with Crippen LogP contribution in [0.25, 0.3) is 0 Å². The van der Waals surface area contributed by atoms with E-state index >= 15 is 0 Å². The van der Waals surface area contributed by atoms with E-state index in [-0.39, 0.29) is 25.5 Å². The molecule has 25 heavy (non-hydrogen) atoms. The van der Waals surface area contributed by atoms with Crippen molar-refractivity contribution in [1.29, 1.82) is 0 Å². The number of nitrogens with zero attached hydrogens (tertiary/aromatic N) is 2. The van der Waals surface area contributed by atoms with E-state index in [0.29, 0.717) is 6.54 Å². The Bertz CT molecular complexity index is 440. The van der Waals surface area contributed by atoms with Gasteiger partial charge in [-0.2, -0.15) is 0 Å². The van der Waals surface area contributed by atoms with Crippen molar-refractivity contribution in [3.63, 3.8) is 0 Å². The summed E-state index contributed by atoms with van der Waals surface area (Å²) in [4.78, 5) is 46.8. The number of carbonyl (C=O) groups is 4. The van der Waals surface area contributed by atoms with Crippen LogP contribution in [0.3, 0.4) is 0 Å². The number of carbonyl (C=O) groups excluding carboxylic acids is 1. The molecule has 0 aliphatic rings. The van der Waals surface area contributed by atoms with Crippen LogP contribution >= 0.6 is 0 Å². The summed E-state index contributed by atoms with van der Waals surface area (Å²) in [6, 6.07) is 0. The minimum Gasteiger partial charge on any atom is -0.480 e. The van der Waals surface area contributed by atoms with Gasteiger partial charge in [-0.25, -0.2) is 0 Å². The Morgan fingerprint density at radius 3 is 1.60 bits per heavy atom. The minimum absolute atomic E-state index is 0.0228. The van der Waals surface area contributed by atoms with Crippen LogP contribution in [0.2, 0.25) is 0 Å². The van der Waals surface area contributed by atoms with Gasteiger partial charge in [-0.3, -0.25) is 29.0 Å². The highest BCUT2D eigenvalue weighted by atomic mass is 16.4. The molecule has 0 spiro atoms. The Hall–Kier alpha value is -2.20. The molecular formula is C15H27N3O7. The minimum atomic E-state index is -1.18. The normalized spacial score (nSPS) is 10.8. The fourth-order valence-electron chi connectivity index (χ4n) is 2.15. The summed E-state index contributed by atoms with van der Waals surface area (Å²) in [6.07, 6.45) is 2.84. The molecule has 0 unspecified atom stereocenters. The molecule has 0 atom stereocenters. The van der Waals surface area contributed by atoms with Gasteiger partial charge in [-0.15, -0.1) is 0 Å². The molecule has 10 heteroatoms. The summed E-state index contributed by atoms with van der Waals surface area (Å²) in [6.45, 7) is 1.15. The summed E-state index contributed by atoms with van der Waals surface area (Å²) >= 11 is 0. The number of aliphatic carboxylic acids is 3. The Morgan fingerprint density at radius 2 is 1.20 bits per heavy atom. The van der Waals surface area contributed by atoms with Gasteiger partial charge >= 0.3 is 17.9 Å². The second-order valence-corrected chi connectivity index (χ2v) is 5.66. The van der Waals surface area contributed by atoms with Crippen LogP contribution < -0.4 is 5.32 Å². The summed E-state index contributed by atoms with van der Waals surface area (Å²) < 4.78 is 0. The average Bonchev–Trinajstić information content (AvgIpc) is 2.47. The topological polar surface area (TPSA) is 147 Å². The molecule has 0 saturated carbocycles. The van der Waals surface area contributed by atoms with Crippen LogP contribution in [-0.2, 0) is 19.2 Å². The van der Waals surface area contributed by atoms with Crippen molar-refractivity contribution in [2.75, 3.05) is 45.8 Å². The van der Waals surface area contributed by atoms with Gasteiger partial charge in [0.25, 0.3) is 0 Å². The molecule has 144 valence electrons. The van der Waals surface area contributed by atoms with Gasteiger partial charge in [0, 0.05) is 19.6 Å². The Balaban J connectivity index is 4.52. The van der Waals surface area contributed by atoms with Crippen LogP contribution in [-0.4, -0.2) is 94.7 Å². The molecule has 0 heterocycles. The third-order valence-electron chi connectivity index (χ3n) is 3.28. The van der Waals surface area contributed by atoms with Crippen molar-refractivity contribution in [2.45, 2.75) is 26.2 Å². The molecule has 0 bridgehead atoms. The zero-order valence-corrected chi connectivity index (χ0v) is 14.4.